The Kier molecular flexibility index (Phi) is 5.74. The van der Waals surface area contributed by atoms with Gasteiger partial charge in [0, 0.05) is 32.3 Å². The smallest absolute Gasteiger partial charge is 0.293 e. The highest BCUT2D eigenvalue weighted by Gasteiger charge is 2.36. The maximum Gasteiger partial charge on any atom is 0.293 e. The molecule has 4 rings (SSSR count). The van der Waals surface area contributed by atoms with E-state index in [4.69, 9.17) is 39.2 Å². The number of amides is 2. The summed E-state index contributed by atoms with van der Waals surface area (Å²) in [4.78, 5) is 26.5. The van der Waals surface area contributed by atoms with Gasteiger partial charge in [0.2, 0.25) is 0 Å². The normalized spacial score (nSPS) is 15.6. The molecule has 0 saturated carbocycles. The number of thioether (sulfide) groups is 1. The maximum absolute atomic E-state index is 12.7. The summed E-state index contributed by atoms with van der Waals surface area (Å²) in [7, 11) is 0. The Balaban J connectivity index is 1.57. The zero-order valence-corrected chi connectivity index (χ0v) is 17.8. The van der Waals surface area contributed by atoms with Crippen molar-refractivity contribution in [3.63, 3.8) is 0 Å². The maximum atomic E-state index is 12.7. The first-order valence-corrected chi connectivity index (χ1v) is 10.4. The van der Waals surface area contributed by atoms with Gasteiger partial charge in [0.15, 0.2) is 0 Å². The van der Waals surface area contributed by atoms with Crippen molar-refractivity contribution in [2.75, 3.05) is 0 Å². The molecule has 1 aromatic heterocycles. The molecule has 0 N–H and O–H groups in total. The highest BCUT2D eigenvalue weighted by atomic mass is 35.5. The number of carbonyl (C=O) groups is 2. The van der Waals surface area contributed by atoms with Crippen LogP contribution in [0, 0.1) is 0 Å². The van der Waals surface area contributed by atoms with Gasteiger partial charge < -0.3 is 4.42 Å². The van der Waals surface area contributed by atoms with E-state index in [9.17, 15) is 9.59 Å². The lowest BCUT2D eigenvalue weighted by atomic mass is 10.2. The van der Waals surface area contributed by atoms with E-state index in [2.05, 4.69) is 0 Å². The Morgan fingerprint density at radius 2 is 1.69 bits per heavy atom. The Hall–Kier alpha value is -2.18. The molecule has 8 heteroatoms. The van der Waals surface area contributed by atoms with Gasteiger partial charge >= 0.3 is 0 Å². The fraction of sp³-hybridized carbons (Fsp3) is 0.0476. The first-order chi connectivity index (χ1) is 13.9. The molecule has 4 nitrogen and oxygen atoms in total. The fourth-order valence-corrected chi connectivity index (χ4v) is 4.36. The van der Waals surface area contributed by atoms with Crippen molar-refractivity contribution < 1.29 is 14.0 Å². The van der Waals surface area contributed by atoms with Crippen molar-refractivity contribution in [3.8, 4) is 11.3 Å². The molecule has 0 unspecified atom stereocenters. The summed E-state index contributed by atoms with van der Waals surface area (Å²) < 4.78 is 5.79. The number of rotatable bonds is 4. The molecule has 0 atom stereocenters. The molecule has 0 bridgehead atoms. The third-order valence-corrected chi connectivity index (χ3v) is 6.11. The first-order valence-electron chi connectivity index (χ1n) is 8.46. The van der Waals surface area contributed by atoms with E-state index in [0.29, 0.717) is 32.2 Å². The van der Waals surface area contributed by atoms with Crippen LogP contribution in [0.4, 0.5) is 4.79 Å². The van der Waals surface area contributed by atoms with E-state index >= 15 is 0 Å². The average Bonchev–Trinajstić information content (AvgIpc) is 3.25. The predicted octanol–water partition coefficient (Wildman–Crippen LogP) is 7.14. The zero-order chi connectivity index (χ0) is 20.5. The summed E-state index contributed by atoms with van der Waals surface area (Å²) in [5.74, 6) is 0.652. The fourth-order valence-electron chi connectivity index (χ4n) is 2.83. The zero-order valence-electron chi connectivity index (χ0n) is 14.7. The summed E-state index contributed by atoms with van der Waals surface area (Å²) in [6.07, 6.45) is 1.55. The Morgan fingerprint density at radius 3 is 2.41 bits per heavy atom. The van der Waals surface area contributed by atoms with Gasteiger partial charge in [-0.3, -0.25) is 14.5 Å². The van der Waals surface area contributed by atoms with Gasteiger partial charge in [-0.15, -0.1) is 0 Å². The molecule has 29 heavy (non-hydrogen) atoms. The third-order valence-electron chi connectivity index (χ3n) is 4.26. The van der Waals surface area contributed by atoms with Gasteiger partial charge in [-0.05, 0) is 48.2 Å². The number of furan rings is 1. The molecular weight excluding hydrogens is 453 g/mol. The molecule has 1 fully saturated rings. The lowest BCUT2D eigenvalue weighted by Crippen LogP contribution is -2.27. The number of benzene rings is 2. The Labute approximate surface area is 186 Å². The number of halogens is 3. The molecule has 0 radical (unpaired) electrons. The van der Waals surface area contributed by atoms with Crippen LogP contribution in [0.15, 0.2) is 63.9 Å². The minimum absolute atomic E-state index is 0.00638. The number of hydrogen-bond acceptors (Lipinski definition) is 4. The van der Waals surface area contributed by atoms with Gasteiger partial charge in [-0.1, -0.05) is 53.0 Å². The third kappa shape index (κ3) is 4.23. The van der Waals surface area contributed by atoms with Gasteiger partial charge in [-0.25, -0.2) is 0 Å². The van der Waals surface area contributed by atoms with Crippen LogP contribution in [0.25, 0.3) is 17.4 Å². The quantitative estimate of drug-likeness (QED) is 0.385. The van der Waals surface area contributed by atoms with Crippen LogP contribution in [0.1, 0.15) is 11.3 Å². The van der Waals surface area contributed by atoms with Crippen molar-refractivity contribution >= 4 is 63.8 Å². The lowest BCUT2D eigenvalue weighted by Gasteiger charge is -2.14. The second-order valence-electron chi connectivity index (χ2n) is 6.18. The molecule has 2 amide bonds. The van der Waals surface area contributed by atoms with E-state index in [0.717, 1.165) is 22.2 Å². The van der Waals surface area contributed by atoms with Gasteiger partial charge in [0.1, 0.15) is 11.5 Å². The number of carbonyl (C=O) groups excluding carboxylic acids is 2. The Bertz CT molecular complexity index is 1140. The lowest BCUT2D eigenvalue weighted by molar-refractivity contribution is -0.123. The van der Waals surface area contributed by atoms with Gasteiger partial charge in [-0.2, -0.15) is 0 Å². The largest absolute Gasteiger partial charge is 0.457 e. The summed E-state index contributed by atoms with van der Waals surface area (Å²) in [6, 6.07) is 15.8. The van der Waals surface area contributed by atoms with Crippen LogP contribution in [0.5, 0.6) is 0 Å². The van der Waals surface area contributed by atoms with Crippen molar-refractivity contribution in [3.05, 3.63) is 85.9 Å². The van der Waals surface area contributed by atoms with Gasteiger partial charge in [0.25, 0.3) is 11.1 Å². The minimum atomic E-state index is -0.420. The predicted molar refractivity (Wildman–Crippen MR) is 117 cm³/mol. The highest BCUT2D eigenvalue weighted by Crippen LogP contribution is 2.36. The Morgan fingerprint density at radius 1 is 0.966 bits per heavy atom. The van der Waals surface area contributed by atoms with Crippen LogP contribution < -0.4 is 0 Å². The van der Waals surface area contributed by atoms with Crippen LogP contribution >= 0.6 is 46.6 Å². The summed E-state index contributed by atoms with van der Waals surface area (Å²) in [6.45, 7) is 0.00638. The molecule has 0 spiro atoms. The standard InChI is InChI=1S/C21H12Cl3NO3S/c22-13-4-1-3-12(9-13)18-8-7-14(28-18)10-19-20(26)25(21(27)29-19)11-15-16(23)5-2-6-17(15)24/h1-10H,11H2/b19-10-. The molecule has 2 aromatic carbocycles. The SMILES string of the molecule is O=C1S/C(=C\c2ccc(-c3cccc(Cl)c3)o2)C(=O)N1Cc1c(Cl)cccc1Cl. The number of nitrogens with zero attached hydrogens (tertiary/aromatic N) is 1. The summed E-state index contributed by atoms with van der Waals surface area (Å²) in [5, 5.41) is 1.01. The number of imide groups is 1. The molecule has 1 aliphatic heterocycles. The van der Waals surface area contributed by atoms with E-state index in [1.165, 1.54) is 0 Å². The molecular formula is C21H12Cl3NO3S. The second kappa shape index (κ2) is 8.28. The first kappa shape index (κ1) is 20.1. The molecule has 146 valence electrons. The monoisotopic (exact) mass is 463 g/mol. The number of hydrogen-bond donors (Lipinski definition) is 0. The van der Waals surface area contributed by atoms with E-state index in [1.54, 1.807) is 48.5 Å². The van der Waals surface area contributed by atoms with E-state index < -0.39 is 5.91 Å². The topological polar surface area (TPSA) is 50.5 Å². The van der Waals surface area contributed by atoms with Crippen molar-refractivity contribution in [1.82, 2.24) is 4.90 Å². The van der Waals surface area contributed by atoms with Crippen LogP contribution in [-0.4, -0.2) is 16.0 Å². The molecule has 1 saturated heterocycles. The molecule has 3 aromatic rings. The van der Waals surface area contributed by atoms with Crippen LogP contribution in [0.2, 0.25) is 15.1 Å². The summed E-state index contributed by atoms with van der Waals surface area (Å²) >= 11 is 19.2. The minimum Gasteiger partial charge on any atom is -0.457 e. The summed E-state index contributed by atoms with van der Waals surface area (Å²) in [5.41, 5.74) is 1.35. The molecule has 2 heterocycles. The average molecular weight is 465 g/mol. The van der Waals surface area contributed by atoms with Crippen molar-refractivity contribution in [1.29, 1.82) is 0 Å². The van der Waals surface area contributed by atoms with Crippen molar-refractivity contribution in [2.24, 2.45) is 0 Å². The molecule has 0 aliphatic carbocycles. The van der Waals surface area contributed by atoms with E-state index in [1.807, 2.05) is 12.1 Å². The highest BCUT2D eigenvalue weighted by molar-refractivity contribution is 8.18. The van der Waals surface area contributed by atoms with Crippen molar-refractivity contribution in [2.45, 2.75) is 6.54 Å². The van der Waals surface area contributed by atoms with Crippen LogP contribution in [0.3, 0.4) is 0 Å². The molecule has 1 aliphatic rings. The van der Waals surface area contributed by atoms with Gasteiger partial charge in [0.05, 0.1) is 11.4 Å². The second-order valence-corrected chi connectivity index (χ2v) is 8.42. The van der Waals surface area contributed by atoms with Crippen LogP contribution in [-0.2, 0) is 11.3 Å². The van der Waals surface area contributed by atoms with E-state index in [-0.39, 0.29) is 16.7 Å².